The van der Waals surface area contributed by atoms with Gasteiger partial charge in [-0.05, 0) is 12.5 Å². The predicted octanol–water partition coefficient (Wildman–Crippen LogP) is 1.05. The van der Waals surface area contributed by atoms with E-state index < -0.39 is 0 Å². The molecule has 0 spiro atoms. The molecule has 0 amide bonds. The van der Waals surface area contributed by atoms with Crippen LogP contribution in [0.15, 0.2) is 23.9 Å². The Hall–Kier alpha value is -0.760. The molecule has 0 saturated carbocycles. The second kappa shape index (κ2) is 3.42. The lowest BCUT2D eigenvalue weighted by Gasteiger charge is -2.12. The first-order valence-corrected chi connectivity index (χ1v) is 3.45. The molecule has 1 rings (SSSR count). The topological polar surface area (TPSA) is 35.2 Å². The van der Waals surface area contributed by atoms with E-state index in [1.54, 1.807) is 7.11 Å². The van der Waals surface area contributed by atoms with E-state index in [0.29, 0.717) is 5.92 Å². The molecule has 0 aliphatic heterocycles. The minimum absolute atomic E-state index is 0.525. The summed E-state index contributed by atoms with van der Waals surface area (Å²) in [7, 11) is 1.72. The van der Waals surface area contributed by atoms with Crippen LogP contribution in [0.3, 0.4) is 0 Å². The van der Waals surface area contributed by atoms with Gasteiger partial charge in [0.15, 0.2) is 0 Å². The number of methoxy groups -OCH3 is 1. The highest BCUT2D eigenvalue weighted by molar-refractivity contribution is 5.20. The highest BCUT2D eigenvalue weighted by Crippen LogP contribution is 2.13. The van der Waals surface area contributed by atoms with Crippen molar-refractivity contribution in [3.05, 3.63) is 23.9 Å². The van der Waals surface area contributed by atoms with Crippen molar-refractivity contribution in [1.29, 1.82) is 0 Å². The van der Waals surface area contributed by atoms with E-state index in [4.69, 9.17) is 10.5 Å². The summed E-state index contributed by atoms with van der Waals surface area (Å²) in [6, 6.07) is 0. The van der Waals surface area contributed by atoms with Crippen molar-refractivity contribution >= 4 is 0 Å². The minimum atomic E-state index is 0.525. The van der Waals surface area contributed by atoms with Crippen LogP contribution in [-0.2, 0) is 4.74 Å². The Balaban J connectivity index is 2.37. The largest absolute Gasteiger partial charge is 0.399 e. The maximum Gasteiger partial charge on any atom is 0.0528 e. The first kappa shape index (κ1) is 7.35. The van der Waals surface area contributed by atoms with E-state index in [0.717, 1.165) is 18.7 Å². The number of rotatable bonds is 2. The zero-order valence-electron chi connectivity index (χ0n) is 6.21. The van der Waals surface area contributed by atoms with Crippen LogP contribution < -0.4 is 5.73 Å². The Morgan fingerprint density at radius 3 is 3.10 bits per heavy atom. The van der Waals surface area contributed by atoms with Gasteiger partial charge in [-0.25, -0.2) is 0 Å². The Kier molecular flexibility index (Phi) is 2.51. The van der Waals surface area contributed by atoms with Gasteiger partial charge in [-0.15, -0.1) is 0 Å². The molecular weight excluding hydrogens is 126 g/mol. The summed E-state index contributed by atoms with van der Waals surface area (Å²) in [5.74, 6) is 0.525. The van der Waals surface area contributed by atoms with Gasteiger partial charge in [0.05, 0.1) is 6.61 Å². The van der Waals surface area contributed by atoms with Gasteiger partial charge >= 0.3 is 0 Å². The number of hydrogen-bond donors (Lipinski definition) is 1. The zero-order valence-corrected chi connectivity index (χ0v) is 6.21. The van der Waals surface area contributed by atoms with Gasteiger partial charge in [0.2, 0.25) is 0 Å². The molecule has 1 aliphatic rings. The first-order chi connectivity index (χ1) is 4.83. The van der Waals surface area contributed by atoms with Gasteiger partial charge in [0.1, 0.15) is 0 Å². The van der Waals surface area contributed by atoms with Crippen LogP contribution in [0, 0.1) is 5.92 Å². The van der Waals surface area contributed by atoms with Crippen molar-refractivity contribution in [3.63, 3.8) is 0 Å². The van der Waals surface area contributed by atoms with Crippen LogP contribution in [0.4, 0.5) is 0 Å². The van der Waals surface area contributed by atoms with Gasteiger partial charge in [-0.2, -0.15) is 0 Å². The molecule has 0 bridgehead atoms. The van der Waals surface area contributed by atoms with E-state index >= 15 is 0 Å². The lowest BCUT2D eigenvalue weighted by molar-refractivity contribution is 0.170. The Bertz CT molecular complexity index is 161. The Labute approximate surface area is 61.4 Å². The maximum absolute atomic E-state index is 5.53. The van der Waals surface area contributed by atoms with Crippen molar-refractivity contribution < 1.29 is 4.74 Å². The second-order valence-corrected chi connectivity index (χ2v) is 2.51. The van der Waals surface area contributed by atoms with Crippen LogP contribution in [0.5, 0.6) is 0 Å². The molecule has 0 fully saturated rings. The van der Waals surface area contributed by atoms with Gasteiger partial charge in [0, 0.05) is 18.7 Å². The van der Waals surface area contributed by atoms with Gasteiger partial charge in [-0.3, -0.25) is 0 Å². The van der Waals surface area contributed by atoms with Crippen LogP contribution in [0.2, 0.25) is 0 Å². The predicted molar refractivity (Wildman–Crippen MR) is 41.4 cm³/mol. The lowest BCUT2D eigenvalue weighted by atomic mass is 10.0. The molecule has 0 saturated heterocycles. The Morgan fingerprint density at radius 1 is 1.80 bits per heavy atom. The molecule has 2 heteroatoms. The molecule has 1 aliphatic carbocycles. The summed E-state index contributed by atoms with van der Waals surface area (Å²) < 4.78 is 5.00. The minimum Gasteiger partial charge on any atom is -0.399 e. The van der Waals surface area contributed by atoms with Crippen LogP contribution in [0.1, 0.15) is 6.42 Å². The molecule has 0 aromatic carbocycles. The third-order valence-electron chi connectivity index (χ3n) is 1.60. The number of ether oxygens (including phenoxy) is 1. The zero-order chi connectivity index (χ0) is 7.40. The average molecular weight is 139 g/mol. The summed E-state index contributed by atoms with van der Waals surface area (Å²) >= 11 is 0. The monoisotopic (exact) mass is 139 g/mol. The smallest absolute Gasteiger partial charge is 0.0528 e. The van der Waals surface area contributed by atoms with E-state index in [-0.39, 0.29) is 0 Å². The molecule has 2 N–H and O–H groups in total. The number of allylic oxidation sites excluding steroid dienone is 2. The summed E-state index contributed by atoms with van der Waals surface area (Å²) in [5.41, 5.74) is 6.39. The molecular formula is C8H13NO. The molecule has 0 aromatic rings. The molecule has 1 atom stereocenters. The van der Waals surface area contributed by atoms with Gasteiger partial charge in [-0.1, -0.05) is 12.2 Å². The van der Waals surface area contributed by atoms with E-state index in [1.807, 2.05) is 12.2 Å². The van der Waals surface area contributed by atoms with E-state index in [2.05, 4.69) is 6.08 Å². The summed E-state index contributed by atoms with van der Waals surface area (Å²) in [4.78, 5) is 0. The van der Waals surface area contributed by atoms with E-state index in [9.17, 15) is 0 Å². The molecule has 0 unspecified atom stereocenters. The van der Waals surface area contributed by atoms with Crippen molar-refractivity contribution in [2.75, 3.05) is 13.7 Å². The molecule has 56 valence electrons. The fraction of sp³-hybridized carbons (Fsp3) is 0.500. The van der Waals surface area contributed by atoms with Crippen molar-refractivity contribution in [2.45, 2.75) is 6.42 Å². The van der Waals surface area contributed by atoms with Crippen LogP contribution >= 0.6 is 0 Å². The molecule has 0 radical (unpaired) electrons. The Morgan fingerprint density at radius 2 is 2.60 bits per heavy atom. The SMILES string of the molecule is COC[C@H]1C=CC(N)=CC1. The highest BCUT2D eigenvalue weighted by atomic mass is 16.5. The standard InChI is InChI=1S/C8H13NO/c1-10-6-7-2-4-8(9)5-3-7/h2,4-5,7H,3,6,9H2,1H3/t7-/m0/s1. The highest BCUT2D eigenvalue weighted by Gasteiger charge is 2.05. The quantitative estimate of drug-likeness (QED) is 0.620. The molecule has 2 nitrogen and oxygen atoms in total. The van der Waals surface area contributed by atoms with Crippen molar-refractivity contribution in [3.8, 4) is 0 Å². The normalized spacial score (nSPS) is 24.5. The molecule has 0 aromatic heterocycles. The fourth-order valence-corrected chi connectivity index (χ4v) is 1.02. The van der Waals surface area contributed by atoms with Gasteiger partial charge in [0.25, 0.3) is 0 Å². The van der Waals surface area contributed by atoms with Crippen molar-refractivity contribution in [2.24, 2.45) is 11.7 Å². The summed E-state index contributed by atoms with van der Waals surface area (Å²) in [5, 5.41) is 0. The first-order valence-electron chi connectivity index (χ1n) is 3.45. The van der Waals surface area contributed by atoms with Crippen molar-refractivity contribution in [1.82, 2.24) is 0 Å². The fourth-order valence-electron chi connectivity index (χ4n) is 1.02. The van der Waals surface area contributed by atoms with Crippen LogP contribution in [-0.4, -0.2) is 13.7 Å². The summed E-state index contributed by atoms with van der Waals surface area (Å²) in [6.07, 6.45) is 7.08. The maximum atomic E-state index is 5.53. The lowest BCUT2D eigenvalue weighted by Crippen LogP contribution is -2.09. The average Bonchev–Trinajstić information content (AvgIpc) is 1.95. The van der Waals surface area contributed by atoms with Crippen LogP contribution in [0.25, 0.3) is 0 Å². The second-order valence-electron chi connectivity index (χ2n) is 2.51. The number of hydrogen-bond acceptors (Lipinski definition) is 2. The summed E-state index contributed by atoms with van der Waals surface area (Å²) in [6.45, 7) is 0.792. The molecule has 0 heterocycles. The van der Waals surface area contributed by atoms with Gasteiger partial charge < -0.3 is 10.5 Å². The third-order valence-corrected chi connectivity index (χ3v) is 1.60. The molecule has 10 heavy (non-hydrogen) atoms. The van der Waals surface area contributed by atoms with E-state index in [1.165, 1.54) is 0 Å². The third kappa shape index (κ3) is 1.88. The number of nitrogens with two attached hydrogens (primary N) is 1.